The van der Waals surface area contributed by atoms with E-state index in [0.717, 1.165) is 118 Å². The van der Waals surface area contributed by atoms with E-state index >= 15 is 0 Å². The van der Waals surface area contributed by atoms with Crippen molar-refractivity contribution in [1.82, 2.24) is 35.7 Å². The maximum atomic E-state index is 14.0. The Balaban J connectivity index is 0.000000222. The number of likely N-dealkylation sites (N-methyl/N-ethyl adjacent to an activating group) is 1. The highest BCUT2D eigenvalue weighted by Crippen LogP contribution is 2.41. The van der Waals surface area contributed by atoms with Crippen molar-refractivity contribution in [2.24, 2.45) is 17.8 Å². The van der Waals surface area contributed by atoms with E-state index in [1.807, 2.05) is 30.6 Å². The average Bonchev–Trinajstić information content (AvgIpc) is 4.30. The van der Waals surface area contributed by atoms with Crippen molar-refractivity contribution in [2.45, 2.75) is 195 Å². The van der Waals surface area contributed by atoms with E-state index in [-0.39, 0.29) is 59.5 Å². The van der Waals surface area contributed by atoms with Crippen molar-refractivity contribution < 1.29 is 42.3 Å². The number of hydrogen-bond donors (Lipinski definition) is 4. The number of likely N-dealkylation sites (tertiary alicyclic amines) is 2. The number of thiazole rings is 2. The summed E-state index contributed by atoms with van der Waals surface area (Å²) >= 11 is 3.32. The topological polar surface area (TPSA) is 174 Å². The minimum absolute atomic E-state index is 0.00161. The lowest BCUT2D eigenvalue weighted by molar-refractivity contribution is -0.192. The summed E-state index contributed by atoms with van der Waals surface area (Å²) in [5.41, 5.74) is 12.0. The second kappa shape index (κ2) is 27.6. The number of carbonyl (C=O) groups excluding carboxylic acids is 4. The third-order valence-corrected chi connectivity index (χ3v) is 18.5. The fraction of sp³-hybridized carbons (Fsp3) is 0.610. The summed E-state index contributed by atoms with van der Waals surface area (Å²) in [4.78, 5) is 76.7. The smallest absolute Gasteiger partial charge is 0.475 e. The van der Waals surface area contributed by atoms with Crippen molar-refractivity contribution in [2.75, 3.05) is 20.1 Å². The minimum Gasteiger partial charge on any atom is -0.475 e. The number of benzene rings is 2. The molecular formula is C59H82F3N7O6S2. The van der Waals surface area contributed by atoms with Crippen LogP contribution < -0.4 is 16.0 Å². The van der Waals surface area contributed by atoms with Gasteiger partial charge in [-0.1, -0.05) is 76.6 Å². The lowest BCUT2D eigenvalue weighted by Crippen LogP contribution is -2.55. The second-order valence-corrected chi connectivity index (χ2v) is 23.6. The van der Waals surface area contributed by atoms with E-state index in [0.29, 0.717) is 0 Å². The molecule has 0 bridgehead atoms. The second-order valence-electron chi connectivity index (χ2n) is 21.8. The molecule has 0 radical (unpaired) electrons. The molecule has 4 aliphatic rings. The van der Waals surface area contributed by atoms with Crippen LogP contribution in [0, 0.1) is 59.3 Å². The van der Waals surface area contributed by atoms with Gasteiger partial charge in [-0.15, -0.1) is 22.7 Å². The number of amides is 4. The molecule has 422 valence electrons. The standard InChI is InChI=1S/C29H41N3O2S.C28H40N4O2S.C2HF3O2/c1-6-18(2)27(33)31-26(22-11-8-7-9-12-22)29(34)32-16-10-13-24(32)28-30-23(17-35-28)25-20(4)15-14-19(3)21(25)5;1-17-13-14-18(2)24(19(17)3)22-16-35-27(30-22)23-12-9-15-32(23)28(34)25(21-10-7-6-8-11-21)31-26(33)20(4)29-5;3-2(4,5)1(6)7/h14-15,17-18,22,24,26H,6-13,16H2,1-5H3,(H,31,33);13-14,16,20-21,23,25,29H,6-12,15H2,1-5H3,(H,31,33);(H,6,7)/t18-,24+,26+;20-,23-,25-;/m10./s1. The van der Waals surface area contributed by atoms with Crippen molar-refractivity contribution >= 4 is 52.3 Å². The number of nitrogens with one attached hydrogen (secondary N) is 3. The molecule has 18 heteroatoms. The first kappa shape index (κ1) is 61.0. The number of hydrogen-bond acceptors (Lipinski definition) is 10. The Morgan fingerprint density at radius 1 is 0.623 bits per heavy atom. The Labute approximate surface area is 462 Å². The lowest BCUT2D eigenvalue weighted by Gasteiger charge is -2.35. The largest absolute Gasteiger partial charge is 0.490 e. The van der Waals surface area contributed by atoms with Gasteiger partial charge in [0.25, 0.3) is 0 Å². The Bertz CT molecular complexity index is 2510. The Morgan fingerprint density at radius 2 is 1.00 bits per heavy atom. The van der Waals surface area contributed by atoms with E-state index in [1.165, 1.54) is 57.3 Å². The minimum atomic E-state index is -5.08. The number of aromatic nitrogens is 2. The molecule has 4 fully saturated rings. The van der Waals surface area contributed by atoms with Crippen molar-refractivity contribution in [3.8, 4) is 22.5 Å². The molecule has 2 aliphatic heterocycles. The van der Waals surface area contributed by atoms with Crippen molar-refractivity contribution in [3.05, 3.63) is 78.4 Å². The van der Waals surface area contributed by atoms with Gasteiger partial charge in [0.05, 0.1) is 29.5 Å². The number of alkyl halides is 3. The maximum Gasteiger partial charge on any atom is 0.490 e. The number of aliphatic carboxylic acids is 1. The van der Waals surface area contributed by atoms with Gasteiger partial charge in [-0.25, -0.2) is 14.8 Å². The summed E-state index contributed by atoms with van der Waals surface area (Å²) in [6.07, 6.45) is 10.5. The summed E-state index contributed by atoms with van der Waals surface area (Å²) in [5.74, 6) is -2.34. The number of carboxylic acids is 1. The molecule has 4 aromatic rings. The molecule has 4 N–H and O–H groups in total. The first-order valence-electron chi connectivity index (χ1n) is 27.8. The highest BCUT2D eigenvalue weighted by Gasteiger charge is 2.42. The summed E-state index contributed by atoms with van der Waals surface area (Å²) in [6, 6.07) is 7.42. The van der Waals surface area contributed by atoms with Gasteiger partial charge < -0.3 is 30.9 Å². The fourth-order valence-corrected chi connectivity index (χ4v) is 13.2. The van der Waals surface area contributed by atoms with E-state index < -0.39 is 24.2 Å². The van der Waals surface area contributed by atoms with E-state index in [1.54, 1.807) is 29.7 Å². The predicted molar refractivity (Wildman–Crippen MR) is 300 cm³/mol. The van der Waals surface area contributed by atoms with Crippen LogP contribution in [0.5, 0.6) is 0 Å². The molecule has 2 saturated heterocycles. The molecule has 2 aliphatic carbocycles. The normalized spacial score (nSPS) is 19.8. The molecule has 4 amide bonds. The zero-order valence-corrected chi connectivity index (χ0v) is 48.5. The average molecular weight is 1110 g/mol. The third kappa shape index (κ3) is 15.1. The van der Waals surface area contributed by atoms with Crippen molar-refractivity contribution in [1.29, 1.82) is 0 Å². The van der Waals surface area contributed by atoms with Crippen molar-refractivity contribution in [3.63, 3.8) is 0 Å². The van der Waals surface area contributed by atoms with Crippen LogP contribution in [0.2, 0.25) is 0 Å². The number of carbonyl (C=O) groups is 5. The zero-order chi connectivity index (χ0) is 56.3. The molecule has 4 heterocycles. The summed E-state index contributed by atoms with van der Waals surface area (Å²) in [7, 11) is 1.77. The van der Waals surface area contributed by atoms with Gasteiger partial charge in [0.1, 0.15) is 22.1 Å². The maximum absolute atomic E-state index is 14.0. The Kier molecular flexibility index (Phi) is 21.9. The van der Waals surface area contributed by atoms with Gasteiger partial charge in [-0.2, -0.15) is 13.2 Å². The molecule has 8 rings (SSSR count). The molecule has 2 aromatic heterocycles. The first-order chi connectivity index (χ1) is 36.6. The van der Waals surface area contributed by atoms with Gasteiger partial charge in [-0.05, 0) is 159 Å². The molecule has 0 spiro atoms. The number of carboxylic acid groups (broad SMARTS) is 1. The number of rotatable bonds is 14. The van der Waals surface area contributed by atoms with Gasteiger partial charge in [0, 0.05) is 40.9 Å². The summed E-state index contributed by atoms with van der Waals surface area (Å²) < 4.78 is 31.7. The van der Waals surface area contributed by atoms with Crippen LogP contribution in [0.4, 0.5) is 13.2 Å². The van der Waals surface area contributed by atoms with Crippen LogP contribution in [0.25, 0.3) is 22.5 Å². The molecule has 13 nitrogen and oxygen atoms in total. The van der Waals surface area contributed by atoms with E-state index in [4.69, 9.17) is 19.9 Å². The number of aryl methyl sites for hydroxylation is 4. The van der Waals surface area contributed by atoms with E-state index in [2.05, 4.69) is 92.5 Å². The SMILES string of the molecule is CC[C@@H](C)C(=O)N[C@H](C(=O)N1CCC[C@H]1c1nc(-c2c(C)ccc(C)c2C)cs1)C1CCCCC1.CN[C@@H](C)C(=O)N[C@H](C(=O)N1CCC[C@H]1c1nc(-c2c(C)ccc(C)c2C)cs1)C1CCCCC1.O=C(O)C(F)(F)F. The number of nitrogens with zero attached hydrogens (tertiary/aromatic N) is 4. The molecule has 0 unspecified atom stereocenters. The molecular weight excluding hydrogens is 1020 g/mol. The Morgan fingerprint density at radius 3 is 1.36 bits per heavy atom. The summed E-state index contributed by atoms with van der Waals surface area (Å²) in [5, 5.41) is 22.8. The van der Waals surface area contributed by atoms with Crippen LogP contribution in [-0.4, -0.2) is 98.9 Å². The quantitative estimate of drug-likeness (QED) is 0.0958. The van der Waals surface area contributed by atoms with Crippen LogP contribution in [0.1, 0.15) is 173 Å². The molecule has 6 atom stereocenters. The monoisotopic (exact) mass is 1110 g/mol. The van der Waals surface area contributed by atoms with Crippen LogP contribution in [-0.2, 0) is 24.0 Å². The van der Waals surface area contributed by atoms with Crippen LogP contribution in [0.15, 0.2) is 35.0 Å². The van der Waals surface area contributed by atoms with E-state index in [9.17, 15) is 32.3 Å². The predicted octanol–water partition coefficient (Wildman–Crippen LogP) is 12.2. The number of halogens is 3. The highest BCUT2D eigenvalue weighted by molar-refractivity contribution is 7.10. The lowest BCUT2D eigenvalue weighted by atomic mass is 9.83. The molecule has 2 aromatic carbocycles. The fourth-order valence-electron chi connectivity index (χ4n) is 11.3. The van der Waals surface area contributed by atoms with Crippen LogP contribution >= 0.6 is 22.7 Å². The molecule has 2 saturated carbocycles. The van der Waals surface area contributed by atoms with Gasteiger partial charge in [0.15, 0.2) is 0 Å². The van der Waals surface area contributed by atoms with Gasteiger partial charge in [-0.3, -0.25) is 19.2 Å². The first-order valence-corrected chi connectivity index (χ1v) is 29.6. The molecule has 77 heavy (non-hydrogen) atoms. The van der Waals surface area contributed by atoms with Crippen LogP contribution in [0.3, 0.4) is 0 Å². The van der Waals surface area contributed by atoms with Gasteiger partial charge in [0.2, 0.25) is 23.6 Å². The summed E-state index contributed by atoms with van der Waals surface area (Å²) in [6.45, 7) is 20.1. The van der Waals surface area contributed by atoms with Gasteiger partial charge >= 0.3 is 12.1 Å². The highest BCUT2D eigenvalue weighted by atomic mass is 32.1. The Hall–Kier alpha value is -5.20. The zero-order valence-electron chi connectivity index (χ0n) is 46.8. The third-order valence-electron chi connectivity index (χ3n) is 16.6.